The molecule has 3 aromatic rings. The summed E-state index contributed by atoms with van der Waals surface area (Å²) in [4.78, 5) is 19.7. The van der Waals surface area contributed by atoms with Gasteiger partial charge in [0, 0.05) is 31.4 Å². The largest absolute Gasteiger partial charge is 0.333 e. The molecule has 1 saturated heterocycles. The van der Waals surface area contributed by atoms with Crippen molar-refractivity contribution in [3.8, 4) is 0 Å². The molecule has 1 unspecified atom stereocenters. The Morgan fingerprint density at radius 3 is 2.63 bits per heavy atom. The van der Waals surface area contributed by atoms with E-state index in [0.717, 1.165) is 49.3 Å². The number of likely N-dealkylation sites (tertiary alicyclic amines) is 1. The molecule has 1 amide bonds. The van der Waals surface area contributed by atoms with Crippen molar-refractivity contribution in [1.29, 1.82) is 0 Å². The number of aryl methyl sites for hydroxylation is 2. The molecule has 0 bridgehead atoms. The van der Waals surface area contributed by atoms with E-state index in [0.29, 0.717) is 13.0 Å². The maximum atomic E-state index is 13.3. The first-order valence-corrected chi connectivity index (χ1v) is 10.7. The first-order valence-electron chi connectivity index (χ1n) is 10.7. The van der Waals surface area contributed by atoms with Gasteiger partial charge in [0.2, 0.25) is 5.91 Å². The fraction of sp³-hybridized carbons (Fsp3) is 0.360. The first kappa shape index (κ1) is 20.3. The lowest BCUT2D eigenvalue weighted by Gasteiger charge is -2.25. The topological polar surface area (TPSA) is 38.1 Å². The Morgan fingerprint density at radius 2 is 1.87 bits per heavy atom. The van der Waals surface area contributed by atoms with Crippen LogP contribution < -0.4 is 0 Å². The third-order valence-corrected chi connectivity index (χ3v) is 5.91. The van der Waals surface area contributed by atoms with Crippen LogP contribution in [0.2, 0.25) is 0 Å². The number of carbonyl (C=O) groups excluding carboxylic acids is 1. The fourth-order valence-corrected chi connectivity index (χ4v) is 4.29. The number of rotatable bonds is 7. The molecule has 1 aliphatic rings. The summed E-state index contributed by atoms with van der Waals surface area (Å²) >= 11 is 0. The molecule has 1 aromatic heterocycles. The molecule has 156 valence electrons. The molecule has 0 radical (unpaired) electrons. The van der Waals surface area contributed by atoms with E-state index in [1.165, 1.54) is 17.7 Å². The van der Waals surface area contributed by atoms with Gasteiger partial charge in [-0.05, 0) is 55.9 Å². The number of hydrogen-bond donors (Lipinski definition) is 0. The number of amides is 1. The Morgan fingerprint density at radius 1 is 1.10 bits per heavy atom. The minimum Gasteiger partial charge on any atom is -0.333 e. The van der Waals surface area contributed by atoms with Crippen LogP contribution in [0.4, 0.5) is 4.39 Å². The lowest BCUT2D eigenvalue weighted by molar-refractivity contribution is -0.132. The lowest BCUT2D eigenvalue weighted by atomic mass is 10.1. The minimum absolute atomic E-state index is 0.0170. The number of aromatic nitrogens is 2. The average molecular weight is 406 g/mol. The van der Waals surface area contributed by atoms with E-state index in [1.54, 1.807) is 12.1 Å². The molecule has 1 fully saturated rings. The zero-order chi connectivity index (χ0) is 20.9. The third kappa shape index (κ3) is 4.61. The highest BCUT2D eigenvalue weighted by molar-refractivity contribution is 5.77. The standard InChI is InChI=1S/C25H28FN3O/c1-19-17-27-25(29(19)18-21-12-14-22(26)15-13-21)23-10-6-16-28(23)24(30)11-5-9-20-7-3-2-4-8-20/h2-4,7-8,12-15,17,23H,5-6,9-11,16,18H2,1H3. The van der Waals surface area contributed by atoms with Gasteiger partial charge in [0.25, 0.3) is 0 Å². The smallest absolute Gasteiger partial charge is 0.223 e. The summed E-state index contributed by atoms with van der Waals surface area (Å²) in [6.45, 7) is 3.45. The van der Waals surface area contributed by atoms with E-state index in [9.17, 15) is 9.18 Å². The normalized spacial score (nSPS) is 16.2. The molecule has 4 rings (SSSR count). The highest BCUT2D eigenvalue weighted by Gasteiger charge is 2.32. The van der Waals surface area contributed by atoms with Crippen molar-refractivity contribution in [2.45, 2.75) is 51.6 Å². The Balaban J connectivity index is 1.44. The molecule has 0 N–H and O–H groups in total. The monoisotopic (exact) mass is 405 g/mol. The maximum Gasteiger partial charge on any atom is 0.223 e. The number of imidazole rings is 1. The van der Waals surface area contributed by atoms with Crippen molar-refractivity contribution < 1.29 is 9.18 Å². The summed E-state index contributed by atoms with van der Waals surface area (Å²) in [6.07, 6.45) is 6.14. The van der Waals surface area contributed by atoms with Crippen LogP contribution in [0, 0.1) is 12.7 Å². The summed E-state index contributed by atoms with van der Waals surface area (Å²) in [5.41, 5.74) is 3.35. The van der Waals surface area contributed by atoms with Gasteiger partial charge in [-0.3, -0.25) is 4.79 Å². The second-order valence-corrected chi connectivity index (χ2v) is 8.05. The lowest BCUT2D eigenvalue weighted by Crippen LogP contribution is -2.32. The predicted octanol–water partition coefficient (Wildman–Crippen LogP) is 5.07. The van der Waals surface area contributed by atoms with Gasteiger partial charge in [0.1, 0.15) is 11.6 Å². The Hall–Kier alpha value is -2.95. The van der Waals surface area contributed by atoms with Crippen molar-refractivity contribution in [3.63, 3.8) is 0 Å². The second kappa shape index (κ2) is 9.24. The highest BCUT2D eigenvalue weighted by Crippen LogP contribution is 2.32. The molecule has 2 aromatic carbocycles. The van der Waals surface area contributed by atoms with Crippen LogP contribution >= 0.6 is 0 Å². The number of hydrogen-bond acceptors (Lipinski definition) is 2. The second-order valence-electron chi connectivity index (χ2n) is 8.05. The fourth-order valence-electron chi connectivity index (χ4n) is 4.29. The van der Waals surface area contributed by atoms with Crippen LogP contribution in [0.3, 0.4) is 0 Å². The van der Waals surface area contributed by atoms with Crippen molar-refractivity contribution in [1.82, 2.24) is 14.5 Å². The Kier molecular flexibility index (Phi) is 6.26. The maximum absolute atomic E-state index is 13.3. The molecule has 0 saturated carbocycles. The van der Waals surface area contributed by atoms with Gasteiger partial charge in [0.05, 0.1) is 6.04 Å². The van der Waals surface area contributed by atoms with E-state index in [2.05, 4.69) is 21.7 Å². The van der Waals surface area contributed by atoms with E-state index in [1.807, 2.05) is 36.2 Å². The van der Waals surface area contributed by atoms with E-state index >= 15 is 0 Å². The number of benzene rings is 2. The van der Waals surface area contributed by atoms with Crippen LogP contribution in [-0.2, 0) is 17.8 Å². The highest BCUT2D eigenvalue weighted by atomic mass is 19.1. The average Bonchev–Trinajstić information content (AvgIpc) is 3.37. The van der Waals surface area contributed by atoms with Gasteiger partial charge in [-0.25, -0.2) is 9.37 Å². The molecule has 30 heavy (non-hydrogen) atoms. The molecule has 4 nitrogen and oxygen atoms in total. The molecule has 1 aliphatic heterocycles. The van der Waals surface area contributed by atoms with Crippen molar-refractivity contribution >= 4 is 5.91 Å². The summed E-state index contributed by atoms with van der Waals surface area (Å²) in [6, 6.07) is 16.9. The minimum atomic E-state index is -0.232. The summed E-state index contributed by atoms with van der Waals surface area (Å²) in [5, 5.41) is 0. The molecular formula is C25H28FN3O. The molecule has 1 atom stereocenters. The Bertz CT molecular complexity index is 981. The quantitative estimate of drug-likeness (QED) is 0.551. The van der Waals surface area contributed by atoms with Crippen LogP contribution in [0.15, 0.2) is 60.8 Å². The van der Waals surface area contributed by atoms with Gasteiger partial charge in [0.15, 0.2) is 0 Å². The molecule has 5 heteroatoms. The zero-order valence-electron chi connectivity index (χ0n) is 17.4. The van der Waals surface area contributed by atoms with Gasteiger partial charge >= 0.3 is 0 Å². The third-order valence-electron chi connectivity index (χ3n) is 5.91. The number of halogens is 1. The van der Waals surface area contributed by atoms with Gasteiger partial charge in [-0.1, -0.05) is 42.5 Å². The molecule has 0 spiro atoms. The number of nitrogens with zero attached hydrogens (tertiary/aromatic N) is 3. The van der Waals surface area contributed by atoms with Crippen LogP contribution in [0.25, 0.3) is 0 Å². The van der Waals surface area contributed by atoms with Gasteiger partial charge in [-0.15, -0.1) is 0 Å². The predicted molar refractivity (Wildman–Crippen MR) is 116 cm³/mol. The van der Waals surface area contributed by atoms with Crippen molar-refractivity contribution in [3.05, 3.63) is 89.3 Å². The Labute approximate surface area is 177 Å². The van der Waals surface area contributed by atoms with Crippen LogP contribution in [-0.4, -0.2) is 26.9 Å². The molecular weight excluding hydrogens is 377 g/mol. The van der Waals surface area contributed by atoms with Crippen molar-refractivity contribution in [2.24, 2.45) is 0 Å². The van der Waals surface area contributed by atoms with E-state index in [4.69, 9.17) is 0 Å². The first-order chi connectivity index (χ1) is 14.6. The molecule has 2 heterocycles. The van der Waals surface area contributed by atoms with Crippen LogP contribution in [0.5, 0.6) is 0 Å². The van der Waals surface area contributed by atoms with Gasteiger partial charge in [-0.2, -0.15) is 0 Å². The van der Waals surface area contributed by atoms with Crippen molar-refractivity contribution in [2.75, 3.05) is 6.54 Å². The summed E-state index contributed by atoms with van der Waals surface area (Å²) < 4.78 is 15.4. The van der Waals surface area contributed by atoms with Crippen LogP contribution in [0.1, 0.15) is 54.4 Å². The summed E-state index contributed by atoms with van der Waals surface area (Å²) in [7, 11) is 0. The van der Waals surface area contributed by atoms with Gasteiger partial charge < -0.3 is 9.47 Å². The SMILES string of the molecule is Cc1cnc(C2CCCN2C(=O)CCCc2ccccc2)n1Cc1ccc(F)cc1. The summed E-state index contributed by atoms with van der Waals surface area (Å²) in [5.74, 6) is 0.914. The van der Waals surface area contributed by atoms with E-state index < -0.39 is 0 Å². The molecule has 0 aliphatic carbocycles. The van der Waals surface area contributed by atoms with E-state index in [-0.39, 0.29) is 17.8 Å². The zero-order valence-corrected chi connectivity index (χ0v) is 17.4. The number of carbonyl (C=O) groups is 1.